The molecule has 122 valence electrons. The molecule has 2 N–H and O–H groups in total. The highest BCUT2D eigenvalue weighted by Crippen LogP contribution is 2.35. The Kier molecular flexibility index (Phi) is 4.65. The Balaban J connectivity index is 0.000000217. The maximum Gasteiger partial charge on any atom is 0.490 e. The quantitative estimate of drug-likeness (QED) is 0.771. The van der Waals surface area contributed by atoms with Gasteiger partial charge in [-0.25, -0.2) is 4.79 Å². The predicted molar refractivity (Wildman–Crippen MR) is 77.2 cm³/mol. The van der Waals surface area contributed by atoms with Crippen LogP contribution in [0.3, 0.4) is 0 Å². The molecule has 1 fully saturated rings. The number of aryl methyl sites for hydroxylation is 1. The van der Waals surface area contributed by atoms with Crippen LogP contribution in [-0.2, 0) is 11.2 Å². The fraction of sp³-hybridized carbons (Fsp3) is 0.533. The van der Waals surface area contributed by atoms with Gasteiger partial charge in [0.2, 0.25) is 0 Å². The van der Waals surface area contributed by atoms with Crippen molar-refractivity contribution in [3.8, 4) is 0 Å². The van der Waals surface area contributed by atoms with Crippen LogP contribution in [0, 0.1) is 6.92 Å². The topological polar surface area (TPSA) is 52.6 Å². The van der Waals surface area contributed by atoms with E-state index in [1.165, 1.54) is 23.2 Å². The van der Waals surface area contributed by atoms with E-state index in [1.54, 1.807) is 0 Å². The van der Waals surface area contributed by atoms with Crippen LogP contribution in [0.15, 0.2) is 18.2 Å². The first kappa shape index (κ1) is 16.6. The van der Waals surface area contributed by atoms with Crippen molar-refractivity contribution in [2.75, 3.05) is 18.0 Å². The van der Waals surface area contributed by atoms with Gasteiger partial charge in [0.15, 0.2) is 0 Å². The molecule has 7 heteroatoms. The Bertz CT molecular complexity index is 560. The number of hydrogen-bond acceptors (Lipinski definition) is 3. The van der Waals surface area contributed by atoms with E-state index in [4.69, 9.17) is 9.90 Å². The number of aliphatic carboxylic acids is 1. The summed E-state index contributed by atoms with van der Waals surface area (Å²) in [5.41, 5.74) is 4.39. The monoisotopic (exact) mass is 316 g/mol. The number of piperazine rings is 1. The molecule has 0 spiro atoms. The summed E-state index contributed by atoms with van der Waals surface area (Å²) in [4.78, 5) is 11.5. The summed E-state index contributed by atoms with van der Waals surface area (Å²) in [6, 6.07) is 8.20. The van der Waals surface area contributed by atoms with Crippen molar-refractivity contribution in [2.24, 2.45) is 0 Å². The first-order valence-corrected chi connectivity index (χ1v) is 7.09. The van der Waals surface area contributed by atoms with Crippen molar-refractivity contribution in [3.05, 3.63) is 29.3 Å². The van der Waals surface area contributed by atoms with Crippen LogP contribution in [0.5, 0.6) is 0 Å². The van der Waals surface area contributed by atoms with E-state index >= 15 is 0 Å². The molecule has 2 aliphatic heterocycles. The number of alkyl halides is 3. The SMILES string of the molecule is Cc1ccc2c(c1)C[C@@H]1CNC[C@@H](C)N21.O=C(O)C(F)(F)F. The smallest absolute Gasteiger partial charge is 0.475 e. The fourth-order valence-corrected chi connectivity index (χ4v) is 3.00. The van der Waals surface area contributed by atoms with Crippen LogP contribution < -0.4 is 10.2 Å². The second-order valence-electron chi connectivity index (χ2n) is 5.71. The molecule has 0 unspecified atom stereocenters. The Morgan fingerprint density at radius 1 is 1.36 bits per heavy atom. The van der Waals surface area contributed by atoms with Crippen LogP contribution >= 0.6 is 0 Å². The molecule has 0 bridgehead atoms. The number of rotatable bonds is 0. The average molecular weight is 316 g/mol. The summed E-state index contributed by atoms with van der Waals surface area (Å²) < 4.78 is 31.7. The van der Waals surface area contributed by atoms with Gasteiger partial charge in [-0.1, -0.05) is 17.7 Å². The van der Waals surface area contributed by atoms with Crippen LogP contribution in [-0.4, -0.2) is 42.4 Å². The molecule has 2 aliphatic rings. The molecule has 1 aromatic rings. The third-order valence-corrected chi connectivity index (χ3v) is 3.90. The summed E-state index contributed by atoms with van der Waals surface area (Å²) in [7, 11) is 0. The average Bonchev–Trinajstić information content (AvgIpc) is 2.76. The molecule has 2 atom stereocenters. The Morgan fingerprint density at radius 3 is 2.59 bits per heavy atom. The van der Waals surface area contributed by atoms with Gasteiger partial charge in [0.05, 0.1) is 0 Å². The van der Waals surface area contributed by atoms with E-state index in [9.17, 15) is 13.2 Å². The van der Waals surface area contributed by atoms with Crippen molar-refractivity contribution < 1.29 is 23.1 Å². The maximum absolute atomic E-state index is 10.6. The number of hydrogen-bond donors (Lipinski definition) is 2. The van der Waals surface area contributed by atoms with E-state index in [0.717, 1.165) is 13.1 Å². The number of carbonyl (C=O) groups is 1. The minimum atomic E-state index is -5.08. The summed E-state index contributed by atoms with van der Waals surface area (Å²) in [6.45, 7) is 6.75. The van der Waals surface area contributed by atoms with Gasteiger partial charge < -0.3 is 15.3 Å². The van der Waals surface area contributed by atoms with Gasteiger partial charge in [0.1, 0.15) is 0 Å². The molecule has 4 nitrogen and oxygen atoms in total. The number of halogens is 3. The predicted octanol–water partition coefficient (Wildman–Crippen LogP) is 2.35. The molecular weight excluding hydrogens is 297 g/mol. The molecule has 22 heavy (non-hydrogen) atoms. The number of carboxylic acids is 1. The lowest BCUT2D eigenvalue weighted by molar-refractivity contribution is -0.192. The third kappa shape index (κ3) is 3.52. The van der Waals surface area contributed by atoms with Crippen LogP contribution in [0.4, 0.5) is 18.9 Å². The zero-order valence-electron chi connectivity index (χ0n) is 12.4. The van der Waals surface area contributed by atoms with E-state index < -0.39 is 12.1 Å². The number of anilines is 1. The van der Waals surface area contributed by atoms with Crippen molar-refractivity contribution in [1.29, 1.82) is 0 Å². The molecular formula is C15H19F3N2O2. The van der Waals surface area contributed by atoms with E-state index in [-0.39, 0.29) is 0 Å². The van der Waals surface area contributed by atoms with Crippen molar-refractivity contribution >= 4 is 11.7 Å². The normalized spacial score (nSPS) is 23.2. The van der Waals surface area contributed by atoms with Crippen molar-refractivity contribution in [1.82, 2.24) is 5.32 Å². The van der Waals surface area contributed by atoms with Gasteiger partial charge in [-0.15, -0.1) is 0 Å². The highest BCUT2D eigenvalue weighted by molar-refractivity contribution is 5.73. The summed E-state index contributed by atoms with van der Waals surface area (Å²) in [5, 5.41) is 10.6. The minimum Gasteiger partial charge on any atom is -0.475 e. The first-order chi connectivity index (χ1) is 10.2. The zero-order valence-corrected chi connectivity index (χ0v) is 12.4. The van der Waals surface area contributed by atoms with Gasteiger partial charge in [-0.2, -0.15) is 13.2 Å². The minimum absolute atomic E-state index is 0.632. The van der Waals surface area contributed by atoms with E-state index in [0.29, 0.717) is 12.1 Å². The molecule has 0 aliphatic carbocycles. The molecule has 3 rings (SSSR count). The number of fused-ring (bicyclic) bond motifs is 3. The number of nitrogens with zero attached hydrogens (tertiary/aromatic N) is 1. The zero-order chi connectivity index (χ0) is 16.5. The number of carboxylic acid groups (broad SMARTS) is 1. The van der Waals surface area contributed by atoms with Crippen LogP contribution in [0.2, 0.25) is 0 Å². The summed E-state index contributed by atoms with van der Waals surface area (Å²) in [5.74, 6) is -2.76. The molecule has 0 saturated carbocycles. The fourth-order valence-electron chi connectivity index (χ4n) is 3.00. The van der Waals surface area contributed by atoms with Crippen LogP contribution in [0.25, 0.3) is 0 Å². The molecule has 0 aromatic heterocycles. The van der Waals surface area contributed by atoms with Gasteiger partial charge in [-0.05, 0) is 31.9 Å². The van der Waals surface area contributed by atoms with E-state index in [1.807, 2.05) is 0 Å². The lowest BCUT2D eigenvalue weighted by atomic mass is 10.1. The lowest BCUT2D eigenvalue weighted by Crippen LogP contribution is -2.54. The highest BCUT2D eigenvalue weighted by Gasteiger charge is 2.38. The van der Waals surface area contributed by atoms with Gasteiger partial charge in [0, 0.05) is 30.9 Å². The number of nitrogens with one attached hydrogen (secondary N) is 1. The highest BCUT2D eigenvalue weighted by atomic mass is 19.4. The second-order valence-corrected chi connectivity index (χ2v) is 5.71. The second kappa shape index (κ2) is 6.16. The van der Waals surface area contributed by atoms with Gasteiger partial charge in [-0.3, -0.25) is 0 Å². The van der Waals surface area contributed by atoms with Crippen molar-refractivity contribution in [2.45, 2.75) is 38.5 Å². The maximum atomic E-state index is 10.6. The molecule has 1 saturated heterocycles. The number of benzene rings is 1. The Labute approximate surface area is 126 Å². The lowest BCUT2D eigenvalue weighted by Gasteiger charge is -2.38. The summed E-state index contributed by atoms with van der Waals surface area (Å²) in [6.07, 6.45) is -3.87. The van der Waals surface area contributed by atoms with Crippen LogP contribution in [0.1, 0.15) is 18.1 Å². The standard InChI is InChI=1S/C13H18N2.C2HF3O2/c1-9-3-4-13-11(5-9)6-12-8-14-7-10(2)15(12)13;3-2(4,5)1(6)7/h3-5,10,12,14H,6-8H2,1-2H3;(H,6,7)/t10-,12-;/m1./s1. The Morgan fingerprint density at radius 2 is 2.00 bits per heavy atom. The van der Waals surface area contributed by atoms with Crippen molar-refractivity contribution in [3.63, 3.8) is 0 Å². The molecule has 0 amide bonds. The summed E-state index contributed by atoms with van der Waals surface area (Å²) >= 11 is 0. The van der Waals surface area contributed by atoms with Gasteiger partial charge in [0.25, 0.3) is 0 Å². The molecule has 0 radical (unpaired) electrons. The first-order valence-electron chi connectivity index (χ1n) is 7.09. The molecule has 2 heterocycles. The van der Waals surface area contributed by atoms with E-state index in [2.05, 4.69) is 42.3 Å². The Hall–Kier alpha value is -1.76. The largest absolute Gasteiger partial charge is 0.490 e. The van der Waals surface area contributed by atoms with Gasteiger partial charge >= 0.3 is 12.1 Å². The third-order valence-electron chi connectivity index (χ3n) is 3.90. The molecule has 1 aromatic carbocycles.